The zero-order chi connectivity index (χ0) is 15.5. The van der Waals surface area contributed by atoms with Gasteiger partial charge in [0.1, 0.15) is 0 Å². The lowest BCUT2D eigenvalue weighted by molar-refractivity contribution is 0.101. The zero-order valence-electron chi connectivity index (χ0n) is 11.9. The van der Waals surface area contributed by atoms with Crippen molar-refractivity contribution >= 4 is 28.4 Å². The van der Waals surface area contributed by atoms with Gasteiger partial charge in [0.15, 0.2) is 5.78 Å². The number of amides is 1. The molecule has 0 radical (unpaired) electrons. The number of nitrogens with zero attached hydrogens (tertiary/aromatic N) is 2. The summed E-state index contributed by atoms with van der Waals surface area (Å²) in [7, 11) is 0. The fourth-order valence-corrected chi connectivity index (χ4v) is 2.10. The van der Waals surface area contributed by atoms with Gasteiger partial charge in [-0.3, -0.25) is 19.6 Å². The summed E-state index contributed by atoms with van der Waals surface area (Å²) in [6.45, 7) is 1.50. The highest BCUT2D eigenvalue weighted by molar-refractivity contribution is 6.06. The van der Waals surface area contributed by atoms with Crippen LogP contribution in [0.1, 0.15) is 27.6 Å². The number of Topliss-reactive ketones (excluding diaryl/α,β-unsaturated/α-hetero) is 1. The molecule has 2 aromatic carbocycles. The van der Waals surface area contributed by atoms with Gasteiger partial charge in [0.25, 0.3) is 5.91 Å². The van der Waals surface area contributed by atoms with Gasteiger partial charge in [-0.05, 0) is 49.4 Å². The molecule has 0 aliphatic carbocycles. The predicted molar refractivity (Wildman–Crippen MR) is 83.9 cm³/mol. The number of fused-ring (bicyclic) bond motifs is 1. The third-order valence-corrected chi connectivity index (χ3v) is 3.28. The van der Waals surface area contributed by atoms with E-state index in [9.17, 15) is 9.59 Å². The molecule has 1 heterocycles. The normalized spacial score (nSPS) is 10.4. The van der Waals surface area contributed by atoms with E-state index in [0.717, 1.165) is 5.52 Å². The van der Waals surface area contributed by atoms with Crippen LogP contribution in [-0.2, 0) is 0 Å². The van der Waals surface area contributed by atoms with E-state index in [1.165, 1.54) is 6.92 Å². The Hall–Kier alpha value is -3.08. The monoisotopic (exact) mass is 291 g/mol. The van der Waals surface area contributed by atoms with E-state index in [-0.39, 0.29) is 11.7 Å². The molecule has 5 heteroatoms. The molecular formula is C17H13N3O2. The SMILES string of the molecule is CC(=O)c1ccc(NC(=O)c2ccc3nccnc3c2)cc1. The van der Waals surface area contributed by atoms with Crippen LogP contribution in [0.3, 0.4) is 0 Å². The highest BCUT2D eigenvalue weighted by Crippen LogP contribution is 2.14. The second kappa shape index (κ2) is 5.73. The maximum Gasteiger partial charge on any atom is 0.255 e. The fraction of sp³-hybridized carbons (Fsp3) is 0.0588. The fourth-order valence-electron chi connectivity index (χ4n) is 2.10. The summed E-state index contributed by atoms with van der Waals surface area (Å²) in [5.41, 5.74) is 3.16. The standard InChI is InChI=1S/C17H13N3O2/c1-11(21)12-2-5-14(6-3-12)20-17(22)13-4-7-15-16(10-13)19-9-8-18-15/h2-10H,1H3,(H,20,22). The van der Waals surface area contributed by atoms with E-state index < -0.39 is 0 Å². The van der Waals surface area contributed by atoms with Gasteiger partial charge in [-0.2, -0.15) is 0 Å². The number of carbonyl (C=O) groups excluding carboxylic acids is 2. The minimum Gasteiger partial charge on any atom is -0.322 e. The Morgan fingerprint density at radius 1 is 0.864 bits per heavy atom. The first-order chi connectivity index (χ1) is 10.6. The molecule has 1 N–H and O–H groups in total. The van der Waals surface area contributed by atoms with Gasteiger partial charge >= 0.3 is 0 Å². The summed E-state index contributed by atoms with van der Waals surface area (Å²) < 4.78 is 0. The van der Waals surface area contributed by atoms with Crippen molar-refractivity contribution in [3.63, 3.8) is 0 Å². The number of hydrogen-bond acceptors (Lipinski definition) is 4. The third-order valence-electron chi connectivity index (χ3n) is 3.28. The predicted octanol–water partition coefficient (Wildman–Crippen LogP) is 3.08. The van der Waals surface area contributed by atoms with E-state index >= 15 is 0 Å². The van der Waals surface area contributed by atoms with Crippen LogP contribution in [-0.4, -0.2) is 21.7 Å². The lowest BCUT2D eigenvalue weighted by Crippen LogP contribution is -2.12. The van der Waals surface area contributed by atoms with Crippen LogP contribution in [0.25, 0.3) is 11.0 Å². The molecule has 3 aromatic rings. The van der Waals surface area contributed by atoms with E-state index in [0.29, 0.717) is 22.3 Å². The van der Waals surface area contributed by atoms with Crippen LogP contribution in [0.15, 0.2) is 54.9 Å². The van der Waals surface area contributed by atoms with Gasteiger partial charge < -0.3 is 5.32 Å². The maximum absolute atomic E-state index is 12.3. The van der Waals surface area contributed by atoms with E-state index in [1.807, 2.05) is 0 Å². The van der Waals surface area contributed by atoms with E-state index in [1.54, 1.807) is 54.9 Å². The largest absolute Gasteiger partial charge is 0.322 e. The Morgan fingerprint density at radius 3 is 2.18 bits per heavy atom. The minimum absolute atomic E-state index is 0.00835. The van der Waals surface area contributed by atoms with Crippen molar-refractivity contribution in [3.8, 4) is 0 Å². The number of hydrogen-bond donors (Lipinski definition) is 1. The van der Waals surface area contributed by atoms with Crippen LogP contribution >= 0.6 is 0 Å². The summed E-state index contributed by atoms with van der Waals surface area (Å²) in [6, 6.07) is 11.9. The Balaban J connectivity index is 1.81. The number of rotatable bonds is 3. The zero-order valence-corrected chi connectivity index (χ0v) is 11.9. The first-order valence-electron chi connectivity index (χ1n) is 6.76. The van der Waals surface area contributed by atoms with Gasteiger partial charge in [0.05, 0.1) is 11.0 Å². The topological polar surface area (TPSA) is 72.0 Å². The van der Waals surface area contributed by atoms with Gasteiger partial charge in [-0.1, -0.05) is 0 Å². The smallest absolute Gasteiger partial charge is 0.255 e. The van der Waals surface area contributed by atoms with Crippen LogP contribution in [0, 0.1) is 0 Å². The lowest BCUT2D eigenvalue weighted by atomic mass is 10.1. The quantitative estimate of drug-likeness (QED) is 0.753. The van der Waals surface area contributed by atoms with Crippen LogP contribution in [0.2, 0.25) is 0 Å². The summed E-state index contributed by atoms with van der Waals surface area (Å²) >= 11 is 0. The van der Waals surface area contributed by atoms with Gasteiger partial charge in [-0.25, -0.2) is 0 Å². The van der Waals surface area contributed by atoms with Crippen molar-refractivity contribution in [2.45, 2.75) is 6.92 Å². The number of nitrogens with one attached hydrogen (secondary N) is 1. The van der Waals surface area contributed by atoms with Crippen LogP contribution < -0.4 is 5.32 Å². The highest BCUT2D eigenvalue weighted by Gasteiger charge is 2.08. The number of anilines is 1. The molecule has 0 saturated heterocycles. The van der Waals surface area contributed by atoms with Crippen molar-refractivity contribution < 1.29 is 9.59 Å². The van der Waals surface area contributed by atoms with Crippen molar-refractivity contribution in [1.82, 2.24) is 9.97 Å². The third kappa shape index (κ3) is 2.83. The molecule has 3 rings (SSSR count). The molecule has 5 nitrogen and oxygen atoms in total. The number of ketones is 1. The molecule has 0 saturated carbocycles. The lowest BCUT2D eigenvalue weighted by Gasteiger charge is -2.06. The molecule has 0 unspecified atom stereocenters. The molecule has 0 bridgehead atoms. The van der Waals surface area contributed by atoms with Crippen molar-refractivity contribution in [3.05, 3.63) is 66.0 Å². The molecule has 0 spiro atoms. The van der Waals surface area contributed by atoms with E-state index in [2.05, 4.69) is 15.3 Å². The van der Waals surface area contributed by atoms with Crippen molar-refractivity contribution in [1.29, 1.82) is 0 Å². The average Bonchev–Trinajstić information content (AvgIpc) is 2.55. The average molecular weight is 291 g/mol. The van der Waals surface area contributed by atoms with Gasteiger partial charge in [-0.15, -0.1) is 0 Å². The first kappa shape index (κ1) is 13.9. The minimum atomic E-state index is -0.233. The maximum atomic E-state index is 12.3. The number of carbonyl (C=O) groups is 2. The Kier molecular flexibility index (Phi) is 3.62. The summed E-state index contributed by atoms with van der Waals surface area (Å²) in [6.07, 6.45) is 3.20. The summed E-state index contributed by atoms with van der Waals surface area (Å²) in [4.78, 5) is 31.8. The van der Waals surface area contributed by atoms with Crippen LogP contribution in [0.5, 0.6) is 0 Å². The van der Waals surface area contributed by atoms with Gasteiger partial charge in [0, 0.05) is 29.2 Å². The summed E-state index contributed by atoms with van der Waals surface area (Å²) in [5, 5.41) is 2.79. The second-order valence-corrected chi connectivity index (χ2v) is 4.85. The van der Waals surface area contributed by atoms with Crippen LogP contribution in [0.4, 0.5) is 5.69 Å². The highest BCUT2D eigenvalue weighted by atomic mass is 16.1. The molecule has 108 valence electrons. The Bertz CT molecular complexity index is 857. The molecule has 0 aliphatic rings. The summed E-state index contributed by atoms with van der Waals surface area (Å²) in [5.74, 6) is -0.242. The molecule has 0 fully saturated rings. The van der Waals surface area contributed by atoms with Gasteiger partial charge in [0.2, 0.25) is 0 Å². The Labute approximate surface area is 127 Å². The molecule has 1 aromatic heterocycles. The molecule has 0 aliphatic heterocycles. The first-order valence-corrected chi connectivity index (χ1v) is 6.76. The molecule has 0 atom stereocenters. The van der Waals surface area contributed by atoms with E-state index in [4.69, 9.17) is 0 Å². The number of aromatic nitrogens is 2. The second-order valence-electron chi connectivity index (χ2n) is 4.85. The number of benzene rings is 2. The molecule has 1 amide bonds. The van der Waals surface area contributed by atoms with Crippen molar-refractivity contribution in [2.24, 2.45) is 0 Å². The Morgan fingerprint density at radius 2 is 1.50 bits per heavy atom. The molecule has 22 heavy (non-hydrogen) atoms. The molecular weight excluding hydrogens is 278 g/mol. The van der Waals surface area contributed by atoms with Crippen molar-refractivity contribution in [2.75, 3.05) is 5.32 Å².